The second-order valence-corrected chi connectivity index (χ2v) is 34.0. The maximum Gasteiger partial charge on any atom is 0.335 e. The van der Waals surface area contributed by atoms with Gasteiger partial charge in [-0.1, -0.05) is 101 Å². The van der Waals surface area contributed by atoms with Crippen molar-refractivity contribution in [1.29, 1.82) is 0 Å². The first-order chi connectivity index (χ1) is 61.9. The molecule has 0 bridgehead atoms. The van der Waals surface area contributed by atoms with Crippen LogP contribution in [0.4, 0.5) is 26.3 Å². The van der Waals surface area contributed by atoms with E-state index in [1.54, 1.807) is 81.9 Å². The summed E-state index contributed by atoms with van der Waals surface area (Å²) in [6, 6.07) is 42.8. The number of aromatic carboxylic acids is 1. The van der Waals surface area contributed by atoms with Crippen molar-refractivity contribution in [1.82, 2.24) is 67.5 Å². The maximum atomic E-state index is 14.3. The number of hydrogen-bond donors (Lipinski definition) is 1. The number of nitrogens with zero attached hydrogens (tertiary/aromatic N) is 14. The summed E-state index contributed by atoms with van der Waals surface area (Å²) in [7, 11) is 6.98. The van der Waals surface area contributed by atoms with Crippen LogP contribution in [0, 0.1) is 55.7 Å². The molecule has 5 aromatic heterocycles. The molecule has 3 saturated heterocycles. The van der Waals surface area contributed by atoms with Gasteiger partial charge in [-0.25, -0.2) is 45.2 Å². The standard InChI is InChI=1S/C33H33ClF2N4O4.C32H34ClF2N5O3.C31H31Cl2F2N5O2/c1-21-27(31(41)40(37(21)2)26-12-8-23(9-13-26)33(43)44)20-39(17-14-22-6-10-24(34)11-7-22)25-15-18-38(19-16-25)32(42)30-28(35)4-3-5-29(30)36;1-21-25(31(41)40(37(21)2)28-19-36-15-11-29(28)43-3)20-39(16-12-22-7-9-23(33)10-8-22)24-13-17-38(18-14-24)32(42)30-26(34)5-4-6-27(30)35;1-20-24(30(41)40(37(20)2)28-18-36-14-10-25(28)33)19-39(15-11-21-6-8-22(32)9-7-21)23-12-16-38(17-13-23)31(42)29-26(34)4-3-5-27(29)35/h3-13,25H,14-20H2,1-2H3,(H,43,44);4-11,15,19,24H,12-14,16-18,20H2,1-3H3;3-10,14,18,23H,11-13,15-17,19H2,1-2H3. The van der Waals surface area contributed by atoms with Gasteiger partial charge in [0.05, 0.1) is 52.5 Å². The van der Waals surface area contributed by atoms with Crippen LogP contribution in [0.15, 0.2) is 203 Å². The Balaban J connectivity index is 0.000000165. The van der Waals surface area contributed by atoms with Crippen molar-refractivity contribution in [3.05, 3.63) is 347 Å². The van der Waals surface area contributed by atoms with Gasteiger partial charge in [0.2, 0.25) is 0 Å². The smallest absolute Gasteiger partial charge is 0.335 e. The molecular weight excluding hydrogens is 1750 g/mol. The molecule has 23 nitrogen and oxygen atoms in total. The predicted molar refractivity (Wildman–Crippen MR) is 484 cm³/mol. The van der Waals surface area contributed by atoms with E-state index in [9.17, 15) is 65.0 Å². The molecule has 3 fully saturated rings. The van der Waals surface area contributed by atoms with Crippen LogP contribution in [0.1, 0.15) is 130 Å². The molecule has 0 aliphatic carbocycles. The lowest BCUT2D eigenvalue weighted by Crippen LogP contribution is -2.47. The van der Waals surface area contributed by atoms with Crippen molar-refractivity contribution in [2.24, 2.45) is 21.1 Å². The lowest BCUT2D eigenvalue weighted by Gasteiger charge is -2.38. The fourth-order valence-electron chi connectivity index (χ4n) is 17.1. The van der Waals surface area contributed by atoms with Crippen LogP contribution in [-0.2, 0) is 60.0 Å². The molecule has 3 amide bonds. The van der Waals surface area contributed by atoms with Gasteiger partial charge < -0.3 is 24.5 Å². The number of aromatic nitrogens is 8. The SMILES string of the molecule is COc1ccncc1-n1c(=O)c(CN(CCc2ccc(Cl)cc2)C2CCN(C(=O)c3c(F)cccc3F)CC2)c(C)n1C.Cc1c(CN(CCc2ccc(Cl)cc2)C2CCN(C(=O)c3c(F)cccc3F)CC2)c(=O)n(-c2ccc(C(=O)O)cc2)n1C.Cc1c(CN(CCc2ccc(Cl)cc2)C2CCN(C(=O)c3c(F)cccc3F)CC2)c(=O)n(-c2cnccc2Cl)n1C. The second-order valence-electron chi connectivity index (χ2n) is 32.2. The van der Waals surface area contributed by atoms with E-state index in [0.29, 0.717) is 183 Å². The van der Waals surface area contributed by atoms with Crippen LogP contribution in [0.2, 0.25) is 20.1 Å². The van der Waals surface area contributed by atoms with Gasteiger partial charge in [0.25, 0.3) is 34.4 Å². The second kappa shape index (κ2) is 42.6. The molecular formula is C96H98Cl4F6N14O9. The molecule has 3 aliphatic heterocycles. The van der Waals surface area contributed by atoms with Crippen LogP contribution in [0.25, 0.3) is 17.1 Å². The molecule has 676 valence electrons. The van der Waals surface area contributed by atoms with Gasteiger partial charge >= 0.3 is 5.97 Å². The van der Waals surface area contributed by atoms with Crippen LogP contribution >= 0.6 is 46.4 Å². The van der Waals surface area contributed by atoms with Gasteiger partial charge in [0.1, 0.15) is 68.7 Å². The van der Waals surface area contributed by atoms with E-state index in [-0.39, 0.29) is 40.4 Å². The number of pyridine rings is 2. The summed E-state index contributed by atoms with van der Waals surface area (Å²) in [5.41, 5.74) is 7.20. The highest BCUT2D eigenvalue weighted by Gasteiger charge is 2.37. The van der Waals surface area contributed by atoms with Gasteiger partial charge in [-0.2, -0.15) is 0 Å². The summed E-state index contributed by atoms with van der Waals surface area (Å²) < 4.78 is 101. The molecule has 7 aromatic carbocycles. The third-order valence-electron chi connectivity index (χ3n) is 24.8. The minimum Gasteiger partial charge on any atom is -0.494 e. The summed E-state index contributed by atoms with van der Waals surface area (Å²) in [6.45, 7) is 10.8. The Bertz CT molecular complexity index is 6160. The van der Waals surface area contributed by atoms with E-state index in [1.807, 2.05) is 108 Å². The Morgan fingerprint density at radius 2 is 0.705 bits per heavy atom. The highest BCUT2D eigenvalue weighted by atomic mass is 35.5. The number of halogens is 10. The zero-order valence-corrected chi connectivity index (χ0v) is 75.3. The molecule has 15 rings (SSSR count). The first-order valence-electron chi connectivity index (χ1n) is 42.3. The summed E-state index contributed by atoms with van der Waals surface area (Å²) >= 11 is 24.7. The number of carboxylic acids is 1. The van der Waals surface area contributed by atoms with Gasteiger partial charge in [0.15, 0.2) is 0 Å². The van der Waals surface area contributed by atoms with Crippen LogP contribution in [0.5, 0.6) is 5.75 Å². The first-order valence-corrected chi connectivity index (χ1v) is 43.8. The number of benzene rings is 7. The van der Waals surface area contributed by atoms with Crippen LogP contribution in [-0.4, -0.2) is 180 Å². The Morgan fingerprint density at radius 3 is 1.02 bits per heavy atom. The van der Waals surface area contributed by atoms with E-state index >= 15 is 0 Å². The topological polar surface area (TPSA) is 224 Å². The van der Waals surface area contributed by atoms with Gasteiger partial charge in [-0.15, -0.1) is 0 Å². The number of methoxy groups -OCH3 is 1. The monoisotopic (exact) mass is 1840 g/mol. The lowest BCUT2D eigenvalue weighted by atomic mass is 10.00. The van der Waals surface area contributed by atoms with Crippen molar-refractivity contribution >= 4 is 70.1 Å². The zero-order chi connectivity index (χ0) is 92.2. The van der Waals surface area contributed by atoms with E-state index in [2.05, 4.69) is 24.7 Å². The number of hydrogen-bond acceptors (Lipinski definition) is 13. The maximum absolute atomic E-state index is 14.3. The van der Waals surface area contributed by atoms with Crippen molar-refractivity contribution in [2.45, 2.75) is 116 Å². The highest BCUT2D eigenvalue weighted by Crippen LogP contribution is 2.32. The average molecular weight is 1850 g/mol. The van der Waals surface area contributed by atoms with E-state index in [4.69, 9.17) is 51.1 Å². The Hall–Kier alpha value is -11.8. The van der Waals surface area contributed by atoms with Crippen molar-refractivity contribution in [3.63, 3.8) is 0 Å². The third-order valence-corrected chi connectivity index (χ3v) is 25.9. The molecule has 129 heavy (non-hydrogen) atoms. The largest absolute Gasteiger partial charge is 0.494 e. The first kappa shape index (κ1) is 94.8. The van der Waals surface area contributed by atoms with Crippen molar-refractivity contribution < 1.29 is 55.4 Å². The van der Waals surface area contributed by atoms with Crippen molar-refractivity contribution in [3.8, 4) is 22.8 Å². The number of carbonyl (C=O) groups excluding carboxylic acids is 3. The molecule has 12 aromatic rings. The molecule has 0 unspecified atom stereocenters. The molecule has 0 spiro atoms. The minimum atomic E-state index is -1.05. The van der Waals surface area contributed by atoms with Gasteiger partial charge in [0, 0.05) is 168 Å². The minimum absolute atomic E-state index is 0.0131. The summed E-state index contributed by atoms with van der Waals surface area (Å²) in [5.74, 6) is -7.68. The summed E-state index contributed by atoms with van der Waals surface area (Å²) in [4.78, 5) is 111. The average Bonchev–Trinajstić information content (AvgIpc) is 1.64. The molecule has 0 saturated carbocycles. The number of rotatable bonds is 26. The van der Waals surface area contributed by atoms with E-state index in [1.165, 1.54) is 54.4 Å². The number of carbonyl (C=O) groups is 4. The zero-order valence-electron chi connectivity index (χ0n) is 72.2. The molecule has 33 heteroatoms. The fraction of sp³-hybridized carbons (Fsp3) is 0.323. The van der Waals surface area contributed by atoms with Crippen molar-refractivity contribution in [2.75, 3.05) is 66.0 Å². The molecule has 1 N–H and O–H groups in total. The summed E-state index contributed by atoms with van der Waals surface area (Å²) in [5, 5.41) is 11.6. The highest BCUT2D eigenvalue weighted by molar-refractivity contribution is 6.32. The molecule has 8 heterocycles. The quantitative estimate of drug-likeness (QED) is 0.0498. The number of ether oxygens (including phenoxy) is 1. The summed E-state index contributed by atoms with van der Waals surface area (Å²) in [6.07, 6.45) is 12.0. The lowest BCUT2D eigenvalue weighted by molar-refractivity contribution is 0.0592. The number of piperidine rings is 3. The van der Waals surface area contributed by atoms with Crippen LogP contribution < -0.4 is 21.4 Å². The fourth-order valence-corrected chi connectivity index (χ4v) is 17.6. The molecule has 3 aliphatic rings. The normalized spacial score (nSPS) is 14.0. The van der Waals surface area contributed by atoms with Gasteiger partial charge in [-0.05, 0) is 198 Å². The Kier molecular flexibility index (Phi) is 31.3. The van der Waals surface area contributed by atoms with Gasteiger partial charge in [-0.3, -0.25) is 67.5 Å². The Morgan fingerprint density at radius 1 is 0.411 bits per heavy atom. The number of carboxylic acid groups (broad SMARTS) is 1. The van der Waals surface area contributed by atoms with E-state index < -0.39 is 75.3 Å². The molecule has 0 radical (unpaired) electrons. The Labute approximate surface area is 762 Å². The van der Waals surface area contributed by atoms with E-state index in [0.717, 1.165) is 83.0 Å². The third kappa shape index (κ3) is 21.9. The predicted octanol–water partition coefficient (Wildman–Crippen LogP) is 16.4. The molecule has 0 atom stereocenters. The van der Waals surface area contributed by atoms with Crippen LogP contribution in [0.3, 0.4) is 0 Å². The number of likely N-dealkylation sites (tertiary alicyclic amines) is 3. The number of amides is 3.